The lowest BCUT2D eigenvalue weighted by Crippen LogP contribution is -2.50. The molecule has 0 aromatic carbocycles. The van der Waals surface area contributed by atoms with E-state index in [0.717, 1.165) is 38.8 Å². The largest absolute Gasteiger partial charge is 0.370 e. The molecule has 5 nitrogen and oxygen atoms in total. The number of piperidine rings is 1. The third-order valence-electron chi connectivity index (χ3n) is 3.57. The van der Waals surface area contributed by atoms with Crippen molar-refractivity contribution >= 4 is 11.8 Å². The average molecular weight is 255 g/mol. The number of carbonyl (C=O) groups is 2. The van der Waals surface area contributed by atoms with E-state index in [9.17, 15) is 9.59 Å². The van der Waals surface area contributed by atoms with Gasteiger partial charge in [0.25, 0.3) is 0 Å². The van der Waals surface area contributed by atoms with Gasteiger partial charge in [-0.2, -0.15) is 0 Å². The van der Waals surface area contributed by atoms with Crippen LogP contribution in [0.4, 0.5) is 0 Å². The highest BCUT2D eigenvalue weighted by atomic mass is 16.2. The zero-order valence-electron chi connectivity index (χ0n) is 11.3. The Hall–Kier alpha value is -1.10. The highest BCUT2D eigenvalue weighted by Crippen LogP contribution is 2.31. The van der Waals surface area contributed by atoms with Crippen molar-refractivity contribution in [2.75, 3.05) is 19.6 Å². The number of nitrogens with two attached hydrogens (primary N) is 1. The molecular weight excluding hydrogens is 230 g/mol. The van der Waals surface area contributed by atoms with Gasteiger partial charge in [-0.25, -0.2) is 0 Å². The number of amides is 2. The summed E-state index contributed by atoms with van der Waals surface area (Å²) < 4.78 is 0. The minimum atomic E-state index is -0.313. The van der Waals surface area contributed by atoms with Gasteiger partial charge in [-0.1, -0.05) is 13.3 Å². The minimum absolute atomic E-state index is 0.126. The van der Waals surface area contributed by atoms with E-state index in [-0.39, 0.29) is 17.2 Å². The van der Waals surface area contributed by atoms with Crippen molar-refractivity contribution in [1.29, 1.82) is 0 Å². The van der Waals surface area contributed by atoms with Gasteiger partial charge < -0.3 is 16.4 Å². The van der Waals surface area contributed by atoms with Crippen LogP contribution < -0.4 is 16.4 Å². The summed E-state index contributed by atoms with van der Waals surface area (Å²) in [5.74, 6) is -0.187. The monoisotopic (exact) mass is 255 g/mol. The van der Waals surface area contributed by atoms with E-state index in [4.69, 9.17) is 5.73 Å². The standard InChI is InChI=1S/C13H25N3O2/c1-2-6-13(7-4-8-15-10-13)12(18)16-9-3-5-11(14)17/h15H,2-10H2,1H3,(H2,14,17)(H,16,18). The van der Waals surface area contributed by atoms with E-state index in [1.807, 2.05) is 0 Å². The molecule has 1 aliphatic rings. The van der Waals surface area contributed by atoms with Crippen molar-refractivity contribution in [1.82, 2.24) is 10.6 Å². The SMILES string of the molecule is CCCC1(C(=O)NCCCC(N)=O)CCCNC1. The van der Waals surface area contributed by atoms with Gasteiger partial charge in [0, 0.05) is 19.5 Å². The molecule has 0 aromatic heterocycles. The molecule has 4 N–H and O–H groups in total. The lowest BCUT2D eigenvalue weighted by atomic mass is 9.76. The Morgan fingerprint density at radius 2 is 2.22 bits per heavy atom. The van der Waals surface area contributed by atoms with Crippen molar-refractivity contribution in [3.63, 3.8) is 0 Å². The molecule has 2 amide bonds. The van der Waals surface area contributed by atoms with Gasteiger partial charge in [0.05, 0.1) is 5.41 Å². The Balaban J connectivity index is 2.42. The normalized spacial score (nSPS) is 23.6. The molecular formula is C13H25N3O2. The van der Waals surface area contributed by atoms with Crippen LogP contribution in [-0.2, 0) is 9.59 Å². The first kappa shape index (κ1) is 15.0. The van der Waals surface area contributed by atoms with Gasteiger partial charge in [0.2, 0.25) is 11.8 Å². The Labute approximate surface area is 109 Å². The first-order valence-corrected chi connectivity index (χ1v) is 6.88. The predicted molar refractivity (Wildman–Crippen MR) is 70.9 cm³/mol. The van der Waals surface area contributed by atoms with Gasteiger partial charge in [-0.3, -0.25) is 9.59 Å². The summed E-state index contributed by atoms with van der Waals surface area (Å²) in [5.41, 5.74) is 4.81. The minimum Gasteiger partial charge on any atom is -0.370 e. The molecule has 1 fully saturated rings. The summed E-state index contributed by atoms with van der Waals surface area (Å²) >= 11 is 0. The zero-order valence-corrected chi connectivity index (χ0v) is 11.3. The van der Waals surface area contributed by atoms with Crippen LogP contribution in [0.3, 0.4) is 0 Å². The molecule has 1 unspecified atom stereocenters. The highest BCUT2D eigenvalue weighted by molar-refractivity contribution is 5.83. The van der Waals surface area contributed by atoms with Crippen LogP contribution >= 0.6 is 0 Å². The molecule has 0 spiro atoms. The lowest BCUT2D eigenvalue weighted by Gasteiger charge is -2.36. The van der Waals surface area contributed by atoms with Crippen molar-refractivity contribution in [3.8, 4) is 0 Å². The molecule has 0 aromatic rings. The number of rotatable bonds is 7. The van der Waals surface area contributed by atoms with Crippen molar-refractivity contribution in [2.24, 2.45) is 11.1 Å². The molecule has 5 heteroatoms. The first-order chi connectivity index (χ1) is 8.60. The van der Waals surface area contributed by atoms with Crippen LogP contribution in [0.25, 0.3) is 0 Å². The number of hydrogen-bond donors (Lipinski definition) is 3. The fraction of sp³-hybridized carbons (Fsp3) is 0.846. The average Bonchev–Trinajstić information content (AvgIpc) is 2.35. The summed E-state index contributed by atoms with van der Waals surface area (Å²) in [6.45, 7) is 4.41. The van der Waals surface area contributed by atoms with Crippen LogP contribution in [0.1, 0.15) is 45.4 Å². The topological polar surface area (TPSA) is 84.2 Å². The molecule has 0 radical (unpaired) electrons. The first-order valence-electron chi connectivity index (χ1n) is 6.88. The number of carbonyl (C=O) groups excluding carboxylic acids is 2. The lowest BCUT2D eigenvalue weighted by molar-refractivity contribution is -0.132. The quantitative estimate of drug-likeness (QED) is 0.580. The molecule has 1 rings (SSSR count). The van der Waals surface area contributed by atoms with E-state index in [0.29, 0.717) is 19.4 Å². The van der Waals surface area contributed by atoms with Gasteiger partial charge in [-0.05, 0) is 32.2 Å². The third-order valence-corrected chi connectivity index (χ3v) is 3.57. The maximum atomic E-state index is 12.3. The van der Waals surface area contributed by atoms with Crippen LogP contribution in [-0.4, -0.2) is 31.4 Å². The van der Waals surface area contributed by atoms with Gasteiger partial charge in [0.15, 0.2) is 0 Å². The summed E-state index contributed by atoms with van der Waals surface area (Å²) in [6.07, 6.45) is 4.89. The molecule has 1 atom stereocenters. The third kappa shape index (κ3) is 4.29. The van der Waals surface area contributed by atoms with Gasteiger partial charge in [-0.15, -0.1) is 0 Å². The molecule has 0 saturated carbocycles. The highest BCUT2D eigenvalue weighted by Gasteiger charge is 2.38. The van der Waals surface area contributed by atoms with Crippen LogP contribution in [0, 0.1) is 5.41 Å². The second-order valence-electron chi connectivity index (χ2n) is 5.14. The second-order valence-corrected chi connectivity index (χ2v) is 5.14. The number of nitrogens with one attached hydrogen (secondary N) is 2. The van der Waals surface area contributed by atoms with Crippen molar-refractivity contribution < 1.29 is 9.59 Å². The van der Waals surface area contributed by atoms with Crippen LogP contribution in [0.2, 0.25) is 0 Å². The Morgan fingerprint density at radius 1 is 1.44 bits per heavy atom. The van der Waals surface area contributed by atoms with Crippen LogP contribution in [0.15, 0.2) is 0 Å². The summed E-state index contributed by atoms with van der Waals surface area (Å²) in [5, 5.41) is 6.26. The smallest absolute Gasteiger partial charge is 0.227 e. The molecule has 0 aliphatic carbocycles. The van der Waals surface area contributed by atoms with E-state index < -0.39 is 0 Å². The number of hydrogen-bond acceptors (Lipinski definition) is 3. The summed E-state index contributed by atoms with van der Waals surface area (Å²) in [7, 11) is 0. The maximum Gasteiger partial charge on any atom is 0.227 e. The zero-order chi connectivity index (χ0) is 13.4. The molecule has 0 bridgehead atoms. The molecule has 104 valence electrons. The van der Waals surface area contributed by atoms with Gasteiger partial charge >= 0.3 is 0 Å². The molecule has 18 heavy (non-hydrogen) atoms. The van der Waals surface area contributed by atoms with Crippen molar-refractivity contribution in [3.05, 3.63) is 0 Å². The summed E-state index contributed by atoms with van der Waals surface area (Å²) in [4.78, 5) is 22.9. The fourth-order valence-electron chi connectivity index (χ4n) is 2.62. The second kappa shape index (κ2) is 7.36. The molecule has 1 saturated heterocycles. The maximum absolute atomic E-state index is 12.3. The molecule has 1 heterocycles. The van der Waals surface area contributed by atoms with E-state index in [1.54, 1.807) is 0 Å². The fourth-order valence-corrected chi connectivity index (χ4v) is 2.62. The van der Waals surface area contributed by atoms with Crippen molar-refractivity contribution in [2.45, 2.75) is 45.4 Å². The summed E-state index contributed by atoms with van der Waals surface area (Å²) in [6, 6.07) is 0. The van der Waals surface area contributed by atoms with E-state index >= 15 is 0 Å². The Morgan fingerprint density at radius 3 is 2.78 bits per heavy atom. The number of primary amides is 1. The van der Waals surface area contributed by atoms with E-state index in [1.165, 1.54) is 0 Å². The molecule has 1 aliphatic heterocycles. The van der Waals surface area contributed by atoms with E-state index in [2.05, 4.69) is 17.6 Å². The predicted octanol–water partition coefficient (Wildman–Crippen LogP) is 0.538. The Kier molecular flexibility index (Phi) is 6.12. The van der Waals surface area contributed by atoms with Crippen LogP contribution in [0.5, 0.6) is 0 Å². The Bertz CT molecular complexity index is 280. The van der Waals surface area contributed by atoms with Gasteiger partial charge in [0.1, 0.15) is 0 Å².